The number of rotatable bonds is 6. The minimum atomic E-state index is 0.506. The molecule has 0 amide bonds. The van der Waals surface area contributed by atoms with Gasteiger partial charge in [0.05, 0.1) is 24.1 Å². The average molecular weight is 367 g/mol. The lowest BCUT2D eigenvalue weighted by atomic mass is 10.2. The fourth-order valence-corrected chi connectivity index (χ4v) is 2.74. The highest BCUT2D eigenvalue weighted by molar-refractivity contribution is 5.68. The smallest absolute Gasteiger partial charge is 0.163 e. The van der Waals surface area contributed by atoms with Crippen LogP contribution in [0.5, 0.6) is 0 Å². The Morgan fingerprint density at radius 2 is 1.68 bits per heavy atom. The van der Waals surface area contributed by atoms with Crippen molar-refractivity contribution in [3.05, 3.63) is 90.4 Å². The van der Waals surface area contributed by atoms with Crippen molar-refractivity contribution in [2.75, 3.05) is 10.6 Å². The number of para-hydroxylation sites is 1. The maximum Gasteiger partial charge on any atom is 0.163 e. The van der Waals surface area contributed by atoms with Crippen LogP contribution >= 0.6 is 0 Å². The standard InChI is InChI=1S/C22H17N5O/c23-14-17-9-4-5-11-19(17)25-21-13-20(24-15-18-10-6-12-28-18)26-22(27-21)16-7-2-1-3-8-16/h1-13H,15H2,(H2,24,25,26,27). The molecule has 0 fully saturated rings. The van der Waals surface area contributed by atoms with Gasteiger partial charge in [-0.25, -0.2) is 9.97 Å². The Balaban J connectivity index is 1.68. The molecule has 0 radical (unpaired) electrons. The Kier molecular flexibility index (Phi) is 4.98. The topological polar surface area (TPSA) is 86.8 Å². The van der Waals surface area contributed by atoms with Gasteiger partial charge in [0.25, 0.3) is 0 Å². The van der Waals surface area contributed by atoms with Gasteiger partial charge >= 0.3 is 0 Å². The highest BCUT2D eigenvalue weighted by Gasteiger charge is 2.09. The van der Waals surface area contributed by atoms with Gasteiger partial charge in [-0.05, 0) is 24.3 Å². The summed E-state index contributed by atoms with van der Waals surface area (Å²) in [5.41, 5.74) is 2.15. The molecule has 0 saturated carbocycles. The summed E-state index contributed by atoms with van der Waals surface area (Å²) in [5.74, 6) is 2.65. The molecule has 2 aromatic carbocycles. The van der Waals surface area contributed by atoms with E-state index in [2.05, 4.69) is 26.7 Å². The number of nitrogens with zero attached hydrogens (tertiary/aromatic N) is 3. The molecule has 2 heterocycles. The van der Waals surface area contributed by atoms with Gasteiger partial charge in [-0.15, -0.1) is 0 Å². The maximum absolute atomic E-state index is 9.33. The highest BCUT2D eigenvalue weighted by atomic mass is 16.3. The Morgan fingerprint density at radius 1 is 0.893 bits per heavy atom. The van der Waals surface area contributed by atoms with E-state index in [1.54, 1.807) is 12.3 Å². The van der Waals surface area contributed by atoms with Crippen LogP contribution in [0.3, 0.4) is 0 Å². The van der Waals surface area contributed by atoms with E-state index in [1.165, 1.54) is 0 Å². The van der Waals surface area contributed by atoms with Crippen LogP contribution in [0.25, 0.3) is 11.4 Å². The van der Waals surface area contributed by atoms with E-state index in [1.807, 2.05) is 66.7 Å². The minimum Gasteiger partial charge on any atom is -0.467 e. The predicted molar refractivity (Wildman–Crippen MR) is 108 cm³/mol. The summed E-state index contributed by atoms with van der Waals surface area (Å²) in [4.78, 5) is 9.24. The molecule has 0 aliphatic rings. The molecule has 28 heavy (non-hydrogen) atoms. The third-order valence-corrected chi connectivity index (χ3v) is 4.09. The maximum atomic E-state index is 9.33. The molecule has 136 valence electrons. The van der Waals surface area contributed by atoms with E-state index < -0.39 is 0 Å². The van der Waals surface area contributed by atoms with Crippen LogP contribution in [-0.2, 0) is 6.54 Å². The van der Waals surface area contributed by atoms with E-state index in [-0.39, 0.29) is 0 Å². The number of hydrogen-bond acceptors (Lipinski definition) is 6. The van der Waals surface area contributed by atoms with Crippen molar-refractivity contribution < 1.29 is 4.42 Å². The molecule has 6 heteroatoms. The largest absolute Gasteiger partial charge is 0.467 e. The fourth-order valence-electron chi connectivity index (χ4n) is 2.74. The summed E-state index contributed by atoms with van der Waals surface area (Å²) >= 11 is 0. The monoisotopic (exact) mass is 367 g/mol. The minimum absolute atomic E-state index is 0.506. The first-order valence-corrected chi connectivity index (χ1v) is 8.79. The Labute approximate surface area is 162 Å². The molecule has 0 aliphatic heterocycles. The van der Waals surface area contributed by atoms with Gasteiger partial charge in [-0.2, -0.15) is 5.26 Å². The molecule has 6 nitrogen and oxygen atoms in total. The van der Waals surface area contributed by atoms with Crippen molar-refractivity contribution in [3.63, 3.8) is 0 Å². The summed E-state index contributed by atoms with van der Waals surface area (Å²) in [7, 11) is 0. The molecule has 0 atom stereocenters. The first-order chi connectivity index (χ1) is 13.8. The van der Waals surface area contributed by atoms with Gasteiger partial charge in [0.2, 0.25) is 0 Å². The van der Waals surface area contributed by atoms with Crippen LogP contribution in [0, 0.1) is 11.3 Å². The lowest BCUT2D eigenvalue weighted by molar-refractivity contribution is 0.518. The third kappa shape index (κ3) is 4.00. The Morgan fingerprint density at radius 3 is 2.46 bits per heavy atom. The van der Waals surface area contributed by atoms with Crippen LogP contribution in [0.2, 0.25) is 0 Å². The predicted octanol–water partition coefficient (Wildman–Crippen LogP) is 4.96. The first kappa shape index (κ1) is 17.3. The highest BCUT2D eigenvalue weighted by Crippen LogP contribution is 2.24. The second-order valence-corrected chi connectivity index (χ2v) is 6.04. The van der Waals surface area contributed by atoms with E-state index in [9.17, 15) is 5.26 Å². The third-order valence-electron chi connectivity index (χ3n) is 4.09. The van der Waals surface area contributed by atoms with Crippen molar-refractivity contribution >= 4 is 17.3 Å². The number of benzene rings is 2. The van der Waals surface area contributed by atoms with Gasteiger partial charge in [0, 0.05) is 11.6 Å². The molecule has 4 rings (SSSR count). The van der Waals surface area contributed by atoms with Crippen LogP contribution in [-0.4, -0.2) is 9.97 Å². The van der Waals surface area contributed by atoms with Crippen molar-refractivity contribution in [3.8, 4) is 17.5 Å². The molecule has 0 aliphatic carbocycles. The van der Waals surface area contributed by atoms with Gasteiger partial charge in [-0.3, -0.25) is 0 Å². The number of nitrogens with one attached hydrogen (secondary N) is 2. The average Bonchev–Trinajstić information content (AvgIpc) is 3.27. The number of nitriles is 1. The number of furan rings is 1. The molecule has 4 aromatic rings. The molecular formula is C22H17N5O. The normalized spacial score (nSPS) is 10.2. The summed E-state index contributed by atoms with van der Waals surface area (Å²) in [6.07, 6.45) is 1.64. The molecule has 2 aromatic heterocycles. The SMILES string of the molecule is N#Cc1ccccc1Nc1cc(NCc2ccco2)nc(-c2ccccc2)n1. The quantitative estimate of drug-likeness (QED) is 0.501. The van der Waals surface area contributed by atoms with Crippen molar-refractivity contribution in [1.82, 2.24) is 9.97 Å². The fraction of sp³-hybridized carbons (Fsp3) is 0.0455. The molecule has 2 N–H and O–H groups in total. The molecule has 0 unspecified atom stereocenters. The van der Waals surface area contributed by atoms with Gasteiger partial charge in [-0.1, -0.05) is 42.5 Å². The van der Waals surface area contributed by atoms with Crippen molar-refractivity contribution in [2.45, 2.75) is 6.54 Å². The summed E-state index contributed by atoms with van der Waals surface area (Å²) < 4.78 is 5.37. The van der Waals surface area contributed by atoms with Crippen LogP contribution < -0.4 is 10.6 Å². The van der Waals surface area contributed by atoms with E-state index in [0.717, 1.165) is 11.3 Å². The van der Waals surface area contributed by atoms with E-state index >= 15 is 0 Å². The van der Waals surface area contributed by atoms with E-state index in [4.69, 9.17) is 4.42 Å². The van der Waals surface area contributed by atoms with Crippen molar-refractivity contribution in [1.29, 1.82) is 5.26 Å². The lowest BCUT2D eigenvalue weighted by Crippen LogP contribution is -2.05. The number of anilines is 3. The number of hydrogen-bond donors (Lipinski definition) is 2. The Hall–Kier alpha value is -4.11. The zero-order valence-corrected chi connectivity index (χ0v) is 15.0. The zero-order valence-electron chi connectivity index (χ0n) is 15.0. The van der Waals surface area contributed by atoms with Gasteiger partial charge in [0.15, 0.2) is 5.82 Å². The second-order valence-electron chi connectivity index (χ2n) is 6.04. The molecule has 0 bridgehead atoms. The summed E-state index contributed by atoms with van der Waals surface area (Å²) in [6.45, 7) is 0.506. The molecule has 0 saturated heterocycles. The summed E-state index contributed by atoms with van der Waals surface area (Å²) in [6, 6.07) is 24.8. The Bertz CT molecular complexity index is 1100. The van der Waals surface area contributed by atoms with Crippen LogP contribution in [0.1, 0.15) is 11.3 Å². The van der Waals surface area contributed by atoms with Gasteiger partial charge in [0.1, 0.15) is 23.5 Å². The number of aromatic nitrogens is 2. The second kappa shape index (κ2) is 8.06. The first-order valence-electron chi connectivity index (χ1n) is 8.79. The van der Waals surface area contributed by atoms with E-state index in [0.29, 0.717) is 35.3 Å². The van der Waals surface area contributed by atoms with Crippen LogP contribution in [0.4, 0.5) is 17.3 Å². The zero-order chi connectivity index (χ0) is 19.2. The molecule has 0 spiro atoms. The molecular weight excluding hydrogens is 350 g/mol. The van der Waals surface area contributed by atoms with Crippen molar-refractivity contribution in [2.24, 2.45) is 0 Å². The van der Waals surface area contributed by atoms with Crippen LogP contribution in [0.15, 0.2) is 83.5 Å². The van der Waals surface area contributed by atoms with Gasteiger partial charge < -0.3 is 15.1 Å². The summed E-state index contributed by atoms with van der Waals surface area (Å²) in [5, 5.41) is 15.8. The lowest BCUT2D eigenvalue weighted by Gasteiger charge is -2.12.